The molecule has 4 heterocycles. The van der Waals surface area contributed by atoms with Crippen molar-refractivity contribution in [1.29, 1.82) is 0 Å². The van der Waals surface area contributed by atoms with Crippen molar-refractivity contribution in [2.45, 2.75) is 98.3 Å². The van der Waals surface area contributed by atoms with Gasteiger partial charge in [0.2, 0.25) is 11.6 Å². The summed E-state index contributed by atoms with van der Waals surface area (Å²) in [6, 6.07) is 24.6. The van der Waals surface area contributed by atoms with Crippen LogP contribution in [-0.2, 0) is 52.8 Å². The summed E-state index contributed by atoms with van der Waals surface area (Å²) in [6.45, 7) is 0.960. The van der Waals surface area contributed by atoms with E-state index in [0.29, 0.717) is 71.9 Å². The molecular weight excluding hydrogens is 875 g/mol. The van der Waals surface area contributed by atoms with E-state index in [4.69, 9.17) is 61.1 Å². The number of ether oxygens (including phenoxy) is 8. The average molecular weight is 930 g/mol. The van der Waals surface area contributed by atoms with Crippen LogP contribution in [0.2, 0.25) is 10.0 Å². The van der Waals surface area contributed by atoms with Crippen LogP contribution in [0.25, 0.3) is 0 Å². The molecule has 0 aliphatic carbocycles. The quantitative estimate of drug-likeness (QED) is 0.0913. The molecule has 4 aromatic rings. The zero-order valence-corrected chi connectivity index (χ0v) is 36.6. The first-order valence-electron chi connectivity index (χ1n) is 21.3. The zero-order chi connectivity index (χ0) is 45.2. The number of benzene rings is 4. The number of rotatable bonds is 15. The Morgan fingerprint density at radius 3 is 1.50 bits per heavy atom. The summed E-state index contributed by atoms with van der Waals surface area (Å²) >= 11 is 13.4. The molecular formula is C47H54Cl2O15. The lowest BCUT2D eigenvalue weighted by Crippen LogP contribution is -2.67. The van der Waals surface area contributed by atoms with Crippen LogP contribution in [0, 0.1) is 0 Å². The van der Waals surface area contributed by atoms with Crippen LogP contribution >= 0.6 is 23.2 Å². The summed E-state index contributed by atoms with van der Waals surface area (Å²) in [5.41, 5.74) is 3.38. The minimum Gasteiger partial charge on any atom is -0.488 e. The van der Waals surface area contributed by atoms with E-state index in [1.807, 2.05) is 48.5 Å². The second-order valence-electron chi connectivity index (χ2n) is 16.7. The molecule has 346 valence electrons. The smallest absolute Gasteiger partial charge is 0.225 e. The van der Waals surface area contributed by atoms with Crippen molar-refractivity contribution in [2.24, 2.45) is 0 Å². The monoisotopic (exact) mass is 928 g/mol. The number of halogens is 2. The normalized spacial score (nSPS) is 33.0. The van der Waals surface area contributed by atoms with Gasteiger partial charge in [0.25, 0.3) is 0 Å². The Morgan fingerprint density at radius 2 is 1.05 bits per heavy atom. The van der Waals surface area contributed by atoms with Crippen LogP contribution in [0.15, 0.2) is 84.9 Å². The van der Waals surface area contributed by atoms with Gasteiger partial charge in [-0.2, -0.15) is 0 Å². The largest absolute Gasteiger partial charge is 0.488 e. The lowest BCUT2D eigenvalue weighted by atomic mass is 9.86. The molecule has 4 fully saturated rings. The standard InChI is InChI=1S/C47H54Cl2O15/c1-57-46(30-6-12-36(48)28(20-30)18-26-2-8-32(9-3-26)61-34-14-16-58-23-34)44(55)43(54)41(52)39(64-46)25-60-47(45(56)42(53)40(51)38(22-50)63-47)31-7-13-37(49)29(21-31)19-27-4-10-33(11-5-27)62-35-15-17-59-24-35/h2-13,20-21,34-35,38-45,50-56H,14-19,22-25H2,1H3/t34-,35-,38-,39-,40-,41-,42+,43+,44-,45-,46+,47+/m1/s1. The van der Waals surface area contributed by atoms with Crippen molar-refractivity contribution in [3.63, 3.8) is 0 Å². The Balaban J connectivity index is 1.05. The van der Waals surface area contributed by atoms with E-state index in [9.17, 15) is 35.7 Å². The molecule has 0 aromatic heterocycles. The lowest BCUT2D eigenvalue weighted by Gasteiger charge is -2.51. The Hall–Kier alpha value is -3.46. The van der Waals surface area contributed by atoms with Gasteiger partial charge in [0.15, 0.2) is 0 Å². The highest BCUT2D eigenvalue weighted by molar-refractivity contribution is 6.31. The third kappa shape index (κ3) is 9.67. The molecule has 15 nitrogen and oxygen atoms in total. The second-order valence-corrected chi connectivity index (χ2v) is 17.5. The molecule has 7 N–H and O–H groups in total. The van der Waals surface area contributed by atoms with Gasteiger partial charge in [-0.1, -0.05) is 59.6 Å². The van der Waals surface area contributed by atoms with Gasteiger partial charge >= 0.3 is 0 Å². The summed E-state index contributed by atoms with van der Waals surface area (Å²) in [6.07, 6.45) is -11.7. The molecule has 4 aliphatic rings. The maximum atomic E-state index is 11.8. The van der Waals surface area contributed by atoms with Crippen LogP contribution in [0.5, 0.6) is 11.5 Å². The number of hydrogen-bond acceptors (Lipinski definition) is 15. The van der Waals surface area contributed by atoms with Crippen molar-refractivity contribution in [3.8, 4) is 11.5 Å². The Kier molecular flexibility index (Phi) is 14.8. The first-order valence-corrected chi connectivity index (χ1v) is 22.1. The molecule has 0 unspecified atom stereocenters. The van der Waals surface area contributed by atoms with Crippen LogP contribution in [0.1, 0.15) is 46.2 Å². The van der Waals surface area contributed by atoms with Crippen LogP contribution in [0.4, 0.5) is 0 Å². The van der Waals surface area contributed by atoms with Gasteiger partial charge in [-0.05, 0) is 83.6 Å². The Labute approximate surface area is 380 Å². The highest BCUT2D eigenvalue weighted by Gasteiger charge is 2.59. The lowest BCUT2D eigenvalue weighted by molar-refractivity contribution is -0.400. The third-order valence-electron chi connectivity index (χ3n) is 12.4. The van der Waals surface area contributed by atoms with Gasteiger partial charge in [-0.15, -0.1) is 0 Å². The zero-order valence-electron chi connectivity index (χ0n) is 35.1. The SMILES string of the molecule is CO[C@@]1(c2ccc(Cl)c(Cc3ccc(O[C@@H]4CCOC4)cc3)c2)O[C@H](CO[C@@]2(c3ccc(Cl)c(Cc4ccc(O[C@@H]5CCOC5)cc4)c3)O[C@H](CO)[C@@H](O)[C@H](O)[C@H]2O)[C@@H](O)[C@H](O)[C@H]1O. The van der Waals surface area contributed by atoms with Gasteiger partial charge < -0.3 is 73.6 Å². The summed E-state index contributed by atoms with van der Waals surface area (Å²) in [5, 5.41) is 79.1. The van der Waals surface area contributed by atoms with Crippen molar-refractivity contribution >= 4 is 23.2 Å². The van der Waals surface area contributed by atoms with Crippen molar-refractivity contribution < 1.29 is 73.6 Å². The molecule has 17 heteroatoms. The third-order valence-corrected chi connectivity index (χ3v) is 13.1. The fraction of sp³-hybridized carbons (Fsp3) is 0.489. The maximum absolute atomic E-state index is 11.8. The van der Waals surface area contributed by atoms with Gasteiger partial charge in [0, 0.05) is 41.1 Å². The fourth-order valence-electron chi connectivity index (χ4n) is 8.70. The van der Waals surface area contributed by atoms with Crippen LogP contribution < -0.4 is 9.47 Å². The van der Waals surface area contributed by atoms with E-state index < -0.39 is 73.6 Å². The molecule has 0 radical (unpaired) electrons. The van der Waals surface area contributed by atoms with Crippen LogP contribution in [-0.4, -0.2) is 144 Å². The van der Waals surface area contributed by atoms with Crippen molar-refractivity contribution in [3.05, 3.63) is 128 Å². The minimum atomic E-state index is -2.31. The van der Waals surface area contributed by atoms with Crippen molar-refractivity contribution in [1.82, 2.24) is 0 Å². The number of aliphatic hydroxyl groups is 7. The van der Waals surface area contributed by atoms with Crippen molar-refractivity contribution in [2.75, 3.05) is 46.8 Å². The van der Waals surface area contributed by atoms with Crippen LogP contribution in [0.3, 0.4) is 0 Å². The topological polar surface area (TPSA) is 215 Å². The molecule has 0 amide bonds. The van der Waals surface area contributed by atoms with E-state index >= 15 is 0 Å². The Bertz CT molecular complexity index is 2170. The molecule has 4 aromatic carbocycles. The first-order chi connectivity index (χ1) is 30.8. The van der Waals surface area contributed by atoms with Gasteiger partial charge in [-0.25, -0.2) is 0 Å². The number of hydrogen-bond donors (Lipinski definition) is 7. The highest BCUT2D eigenvalue weighted by Crippen LogP contribution is 2.44. The van der Waals surface area contributed by atoms with Gasteiger partial charge in [0.1, 0.15) is 72.5 Å². The molecule has 4 saturated heterocycles. The molecule has 0 bridgehead atoms. The average Bonchev–Trinajstić information content (AvgIpc) is 4.03. The summed E-state index contributed by atoms with van der Waals surface area (Å²) in [4.78, 5) is 0. The maximum Gasteiger partial charge on any atom is 0.225 e. The minimum absolute atomic E-state index is 0.00152. The molecule has 12 atom stereocenters. The van der Waals surface area contributed by atoms with E-state index in [0.717, 1.165) is 24.0 Å². The summed E-state index contributed by atoms with van der Waals surface area (Å²) in [5.74, 6) is -3.00. The molecule has 0 saturated carbocycles. The molecule has 8 rings (SSSR count). The highest BCUT2D eigenvalue weighted by atomic mass is 35.5. The molecule has 0 spiro atoms. The number of methoxy groups -OCH3 is 1. The van der Waals surface area contributed by atoms with E-state index in [1.165, 1.54) is 13.2 Å². The molecule has 64 heavy (non-hydrogen) atoms. The van der Waals surface area contributed by atoms with E-state index in [-0.39, 0.29) is 23.3 Å². The Morgan fingerprint density at radius 1 is 0.594 bits per heavy atom. The second kappa shape index (κ2) is 20.2. The van der Waals surface area contributed by atoms with E-state index in [1.54, 1.807) is 30.3 Å². The van der Waals surface area contributed by atoms with E-state index in [2.05, 4.69) is 0 Å². The summed E-state index contributed by atoms with van der Waals surface area (Å²) in [7, 11) is 1.27. The van der Waals surface area contributed by atoms with Gasteiger partial charge in [0.05, 0.1) is 39.6 Å². The molecule has 4 aliphatic heterocycles. The fourth-order valence-corrected chi connectivity index (χ4v) is 9.07. The predicted molar refractivity (Wildman–Crippen MR) is 230 cm³/mol. The van der Waals surface area contributed by atoms with Gasteiger partial charge in [-0.3, -0.25) is 0 Å². The predicted octanol–water partition coefficient (Wildman–Crippen LogP) is 3.13. The number of aliphatic hydroxyl groups excluding tert-OH is 7. The summed E-state index contributed by atoms with van der Waals surface area (Å²) < 4.78 is 47.7. The first kappa shape index (κ1) is 47.0.